The predicted molar refractivity (Wildman–Crippen MR) is 216 cm³/mol. The second-order valence-electron chi connectivity index (χ2n) is 15.6. The highest BCUT2D eigenvalue weighted by Gasteiger charge is 2.34. The van der Waals surface area contributed by atoms with Crippen molar-refractivity contribution in [1.29, 1.82) is 5.41 Å². The minimum atomic E-state index is -1.12. The largest absolute Gasteiger partial charge is 0.444 e. The van der Waals surface area contributed by atoms with Gasteiger partial charge in [-0.3, -0.25) is 19.2 Å². The summed E-state index contributed by atoms with van der Waals surface area (Å²) >= 11 is 2.69. The molecule has 0 aliphatic carbocycles. The van der Waals surface area contributed by atoms with E-state index in [1.807, 2.05) is 78.1 Å². The molecule has 0 heterocycles. The Morgan fingerprint density at radius 3 is 1.96 bits per heavy atom. The zero-order valence-corrected chi connectivity index (χ0v) is 35.2. The number of thioether (sulfide) groups is 2. The van der Waals surface area contributed by atoms with Gasteiger partial charge in [0.15, 0.2) is 11.2 Å². The first kappa shape index (κ1) is 47.9. The summed E-state index contributed by atoms with van der Waals surface area (Å²) in [6.45, 7) is 18.4. The topological polar surface area (TPSA) is 187 Å². The van der Waals surface area contributed by atoms with Crippen molar-refractivity contribution in [1.82, 2.24) is 21.3 Å². The number of nitrogens with one attached hydrogen (secondary N) is 5. The van der Waals surface area contributed by atoms with E-state index < -0.39 is 70.7 Å². The zero-order chi connectivity index (χ0) is 40.5. The molecule has 53 heavy (non-hydrogen) atoms. The average Bonchev–Trinajstić information content (AvgIpc) is 3.06. The number of Topliss-reactive ketones (excluding diaryl/α,β-unsaturated/α-hetero) is 1. The van der Waals surface area contributed by atoms with Crippen molar-refractivity contribution in [3.8, 4) is 0 Å². The van der Waals surface area contributed by atoms with Crippen LogP contribution >= 0.6 is 23.5 Å². The number of amides is 4. The number of ketones is 1. The molecule has 0 aromatic heterocycles. The maximum absolute atomic E-state index is 13.8. The van der Waals surface area contributed by atoms with Gasteiger partial charge >= 0.3 is 6.09 Å². The highest BCUT2D eigenvalue weighted by molar-refractivity contribution is 8.16. The molecule has 1 aromatic rings. The lowest BCUT2D eigenvalue weighted by atomic mass is 9.89. The first-order valence-corrected chi connectivity index (χ1v) is 21.0. The predicted octanol–water partition coefficient (Wildman–Crippen LogP) is 5.70. The van der Waals surface area contributed by atoms with E-state index in [0.29, 0.717) is 24.3 Å². The number of carbonyl (C=O) groups is 5. The number of carbonyl (C=O) groups excluding carboxylic acids is 5. The number of benzene rings is 1. The Hall–Kier alpha value is -3.10. The number of hydrogen-bond acceptors (Lipinski definition) is 10. The van der Waals surface area contributed by atoms with Crippen molar-refractivity contribution in [2.75, 3.05) is 11.3 Å². The van der Waals surface area contributed by atoms with E-state index in [0.717, 1.165) is 5.56 Å². The lowest BCUT2D eigenvalue weighted by molar-refractivity contribution is -0.130. The summed E-state index contributed by atoms with van der Waals surface area (Å²) in [6, 6.07) is 6.67. The monoisotopic (exact) mass is 779 g/mol. The van der Waals surface area contributed by atoms with Gasteiger partial charge in [-0.25, -0.2) is 4.79 Å². The van der Waals surface area contributed by atoms with E-state index in [2.05, 4.69) is 21.3 Å². The Morgan fingerprint density at radius 2 is 1.43 bits per heavy atom. The van der Waals surface area contributed by atoms with Crippen molar-refractivity contribution in [2.24, 2.45) is 23.7 Å². The van der Waals surface area contributed by atoms with Crippen LogP contribution in [-0.4, -0.2) is 87.0 Å². The Labute approximate surface area is 325 Å². The molecule has 6 N–H and O–H groups in total. The molecule has 1 aromatic carbocycles. The molecule has 7 atom stereocenters. The van der Waals surface area contributed by atoms with Crippen LogP contribution in [0.25, 0.3) is 0 Å². The van der Waals surface area contributed by atoms with E-state index in [1.165, 1.54) is 23.5 Å². The van der Waals surface area contributed by atoms with Crippen LogP contribution < -0.4 is 21.3 Å². The van der Waals surface area contributed by atoms with Crippen molar-refractivity contribution < 1.29 is 33.8 Å². The molecule has 0 saturated heterocycles. The third kappa shape index (κ3) is 18.7. The summed E-state index contributed by atoms with van der Waals surface area (Å²) in [5.74, 6) is -2.75. The van der Waals surface area contributed by atoms with Gasteiger partial charge in [-0.15, -0.1) is 11.8 Å². The third-order valence-electron chi connectivity index (χ3n) is 8.45. The smallest absolute Gasteiger partial charge is 0.408 e. The molecule has 1 rings (SSSR count). The number of ether oxygens (including phenoxy) is 1. The van der Waals surface area contributed by atoms with Gasteiger partial charge in [-0.1, -0.05) is 85.2 Å². The van der Waals surface area contributed by atoms with E-state index in [-0.39, 0.29) is 36.3 Å². The first-order valence-electron chi connectivity index (χ1n) is 18.5. The zero-order valence-electron chi connectivity index (χ0n) is 33.5. The SMILES string of the molecule is CCC(C)C(NC(=O)[C@H](C)C[C@H](O)[C@H](CC(C)C)NC(=O)C(NC(=O)[C@H](CC(C)C)NC(=O)OC(C)(C)C)SCSC)C(=O)C(=N)Cc1ccccc1. The van der Waals surface area contributed by atoms with Crippen molar-refractivity contribution in [3.63, 3.8) is 0 Å². The Kier molecular flexibility index (Phi) is 21.4. The van der Waals surface area contributed by atoms with E-state index in [4.69, 9.17) is 10.1 Å². The molecule has 0 aliphatic rings. The van der Waals surface area contributed by atoms with Crippen LogP contribution in [-0.2, 0) is 30.3 Å². The average molecular weight is 780 g/mol. The van der Waals surface area contributed by atoms with Crippen LogP contribution in [0.5, 0.6) is 0 Å². The van der Waals surface area contributed by atoms with Crippen LogP contribution in [0, 0.1) is 29.1 Å². The normalized spacial score (nSPS) is 15.7. The van der Waals surface area contributed by atoms with Gasteiger partial charge in [0.2, 0.25) is 11.8 Å². The van der Waals surface area contributed by atoms with E-state index >= 15 is 0 Å². The molecule has 0 spiro atoms. The lowest BCUT2D eigenvalue weighted by Crippen LogP contribution is -2.56. The Morgan fingerprint density at radius 1 is 0.830 bits per heavy atom. The van der Waals surface area contributed by atoms with Crippen LogP contribution in [0.4, 0.5) is 4.79 Å². The summed E-state index contributed by atoms with van der Waals surface area (Å²) in [7, 11) is 0. The Bertz CT molecular complexity index is 1340. The van der Waals surface area contributed by atoms with Gasteiger partial charge in [-0.2, -0.15) is 11.8 Å². The minimum Gasteiger partial charge on any atom is -0.444 e. The minimum absolute atomic E-state index is 0.00235. The van der Waals surface area contributed by atoms with Crippen LogP contribution in [0.3, 0.4) is 0 Å². The molecule has 0 saturated carbocycles. The van der Waals surface area contributed by atoms with Crippen molar-refractivity contribution in [2.45, 2.75) is 137 Å². The molecule has 0 aliphatic heterocycles. The number of alkyl carbamates (subject to hydrolysis) is 1. The molecule has 300 valence electrons. The molecule has 0 bridgehead atoms. The van der Waals surface area contributed by atoms with Gasteiger partial charge in [0, 0.05) is 17.4 Å². The molecule has 0 fully saturated rings. The third-order valence-corrected chi connectivity index (χ3v) is 10.6. The second-order valence-corrected chi connectivity index (χ2v) is 17.9. The highest BCUT2D eigenvalue weighted by Crippen LogP contribution is 2.20. The van der Waals surface area contributed by atoms with E-state index in [9.17, 15) is 29.1 Å². The fourth-order valence-electron chi connectivity index (χ4n) is 5.49. The summed E-state index contributed by atoms with van der Waals surface area (Å²) in [6.07, 6.45) is 1.49. The molecule has 14 heteroatoms. The molecule has 4 amide bonds. The summed E-state index contributed by atoms with van der Waals surface area (Å²) in [5.41, 5.74) is -0.0217. The highest BCUT2D eigenvalue weighted by atomic mass is 32.2. The molecule has 3 unspecified atom stereocenters. The van der Waals surface area contributed by atoms with Gasteiger partial charge in [0.1, 0.15) is 11.6 Å². The van der Waals surface area contributed by atoms with Crippen LogP contribution in [0.2, 0.25) is 0 Å². The van der Waals surface area contributed by atoms with Crippen LogP contribution in [0.1, 0.15) is 100 Å². The number of hydrogen-bond donors (Lipinski definition) is 6. The van der Waals surface area contributed by atoms with Gasteiger partial charge in [0.05, 0.1) is 23.9 Å². The van der Waals surface area contributed by atoms with Gasteiger partial charge in [-0.05, 0) is 69.6 Å². The molecule has 12 nitrogen and oxygen atoms in total. The van der Waals surface area contributed by atoms with Gasteiger partial charge in [0.25, 0.3) is 5.91 Å². The maximum atomic E-state index is 13.8. The number of aliphatic hydroxyl groups is 1. The first-order chi connectivity index (χ1) is 24.7. The quantitative estimate of drug-likeness (QED) is 0.0599. The van der Waals surface area contributed by atoms with Crippen LogP contribution in [0.15, 0.2) is 30.3 Å². The Balaban J connectivity index is 3.11. The van der Waals surface area contributed by atoms with Crippen molar-refractivity contribution >= 4 is 58.8 Å². The van der Waals surface area contributed by atoms with Crippen molar-refractivity contribution in [3.05, 3.63) is 35.9 Å². The maximum Gasteiger partial charge on any atom is 0.408 e. The van der Waals surface area contributed by atoms with Gasteiger partial charge < -0.3 is 36.5 Å². The summed E-state index contributed by atoms with van der Waals surface area (Å²) < 4.78 is 5.36. The molecule has 0 radical (unpaired) electrons. The van der Waals surface area contributed by atoms with E-state index in [1.54, 1.807) is 27.7 Å². The summed E-state index contributed by atoms with van der Waals surface area (Å²) in [5, 5.41) is 30.6. The molecular weight excluding hydrogens is 715 g/mol. The second kappa shape index (κ2) is 23.6. The number of rotatable bonds is 23. The fourth-order valence-corrected chi connectivity index (χ4v) is 6.99. The molecular formula is C39H65N5O7S2. The number of aliphatic hydroxyl groups excluding tert-OH is 1. The fraction of sp³-hybridized carbons (Fsp3) is 0.692. The summed E-state index contributed by atoms with van der Waals surface area (Å²) in [4.78, 5) is 66.7. The lowest BCUT2D eigenvalue weighted by Gasteiger charge is -2.30. The standard InChI is InChI=1S/C39H65N5O7S2/c1-12-25(6)32(33(46)28(40)21-27-16-14-13-15-17-27)43-34(47)26(7)20-31(45)29(18-23(2)3)41-36(49)37(53-22-52-11)44-35(48)30(19-24(4)5)42-38(50)51-39(8,9)10/h13-17,23-26,29-32,37,40,45H,12,18-22H2,1-11H3,(H,41,49)(H,42,50)(H,43,47)(H,44,48)/t25?,26-,29+,30+,31+,32?,37?/m1/s1.